The lowest BCUT2D eigenvalue weighted by Crippen LogP contribution is -2.22. The van der Waals surface area contributed by atoms with Gasteiger partial charge in [0.25, 0.3) is 0 Å². The molecule has 108 valence electrons. The zero-order valence-electron chi connectivity index (χ0n) is 11.7. The SMILES string of the molecule is CCOC(=O)c1sc(SC)c2c1C[C@H](C1CC1)CC2=O. The molecule has 1 aromatic rings. The fourth-order valence-corrected chi connectivity index (χ4v) is 5.00. The van der Waals surface area contributed by atoms with Gasteiger partial charge in [-0.2, -0.15) is 0 Å². The quantitative estimate of drug-likeness (QED) is 0.626. The lowest BCUT2D eigenvalue weighted by atomic mass is 9.81. The number of ether oxygens (including phenoxy) is 1. The fourth-order valence-electron chi connectivity index (χ4n) is 3.00. The Balaban J connectivity index is 2.00. The van der Waals surface area contributed by atoms with E-state index in [-0.39, 0.29) is 11.8 Å². The summed E-state index contributed by atoms with van der Waals surface area (Å²) < 4.78 is 6.12. The van der Waals surface area contributed by atoms with E-state index < -0.39 is 0 Å². The Morgan fingerprint density at radius 1 is 1.35 bits per heavy atom. The Labute approximate surface area is 127 Å². The number of hydrogen-bond acceptors (Lipinski definition) is 5. The van der Waals surface area contributed by atoms with Crippen LogP contribution in [0.3, 0.4) is 0 Å². The van der Waals surface area contributed by atoms with Gasteiger partial charge in [-0.15, -0.1) is 23.1 Å². The number of carbonyl (C=O) groups excluding carboxylic acids is 2. The van der Waals surface area contributed by atoms with Crippen LogP contribution >= 0.6 is 23.1 Å². The van der Waals surface area contributed by atoms with Crippen LogP contribution in [0, 0.1) is 11.8 Å². The molecule has 0 amide bonds. The van der Waals surface area contributed by atoms with Crippen molar-refractivity contribution in [3.8, 4) is 0 Å². The van der Waals surface area contributed by atoms with Crippen LogP contribution in [0.15, 0.2) is 4.21 Å². The highest BCUT2D eigenvalue weighted by Gasteiger charge is 2.40. The van der Waals surface area contributed by atoms with Crippen LogP contribution in [0.2, 0.25) is 0 Å². The highest BCUT2D eigenvalue weighted by molar-refractivity contribution is 8.00. The summed E-state index contributed by atoms with van der Waals surface area (Å²) in [6, 6.07) is 0. The van der Waals surface area contributed by atoms with Crippen molar-refractivity contribution in [2.75, 3.05) is 12.9 Å². The van der Waals surface area contributed by atoms with Gasteiger partial charge < -0.3 is 4.74 Å². The van der Waals surface area contributed by atoms with Gasteiger partial charge in [0.05, 0.1) is 10.8 Å². The first-order chi connectivity index (χ1) is 9.65. The molecule has 1 heterocycles. The summed E-state index contributed by atoms with van der Waals surface area (Å²) in [5, 5.41) is 0. The van der Waals surface area contributed by atoms with E-state index in [0.717, 1.165) is 21.8 Å². The molecule has 0 aliphatic heterocycles. The van der Waals surface area contributed by atoms with Gasteiger partial charge in [-0.05, 0) is 49.8 Å². The predicted molar refractivity (Wildman–Crippen MR) is 80.9 cm³/mol. The van der Waals surface area contributed by atoms with Gasteiger partial charge in [-0.25, -0.2) is 4.79 Å². The van der Waals surface area contributed by atoms with E-state index in [1.807, 2.05) is 13.2 Å². The van der Waals surface area contributed by atoms with Crippen LogP contribution < -0.4 is 0 Å². The van der Waals surface area contributed by atoms with Crippen molar-refractivity contribution in [2.24, 2.45) is 11.8 Å². The lowest BCUT2D eigenvalue weighted by molar-refractivity contribution is 0.0530. The third-order valence-electron chi connectivity index (χ3n) is 4.10. The third kappa shape index (κ3) is 2.42. The van der Waals surface area contributed by atoms with E-state index in [1.54, 1.807) is 11.8 Å². The summed E-state index contributed by atoms with van der Waals surface area (Å²) in [4.78, 5) is 25.2. The molecular formula is C15H18O3S2. The zero-order chi connectivity index (χ0) is 14.3. The van der Waals surface area contributed by atoms with Crippen LogP contribution in [-0.2, 0) is 11.2 Å². The molecule has 3 nitrogen and oxygen atoms in total. The number of thiophene rings is 1. The lowest BCUT2D eigenvalue weighted by Gasteiger charge is -2.22. The molecular weight excluding hydrogens is 292 g/mol. The summed E-state index contributed by atoms with van der Waals surface area (Å²) in [7, 11) is 0. The summed E-state index contributed by atoms with van der Waals surface area (Å²) in [5.74, 6) is 1.09. The number of Topliss-reactive ketones (excluding diaryl/α,β-unsaturated/α-hetero) is 1. The molecule has 1 saturated carbocycles. The van der Waals surface area contributed by atoms with Crippen LogP contribution in [-0.4, -0.2) is 24.6 Å². The molecule has 2 aliphatic rings. The standard InChI is InChI=1S/C15H18O3S2/c1-3-18-14(17)13-10-6-9(8-4-5-8)7-11(16)12(10)15(19-2)20-13/h8-9H,3-7H2,1-2H3/t9-/m0/s1. The second-order valence-corrected chi connectivity index (χ2v) is 7.52. The smallest absolute Gasteiger partial charge is 0.348 e. The second-order valence-electron chi connectivity index (χ2n) is 5.43. The van der Waals surface area contributed by atoms with Gasteiger partial charge in [0.1, 0.15) is 4.88 Å². The molecule has 1 aromatic heterocycles. The normalized spacial score (nSPS) is 21.7. The fraction of sp³-hybridized carbons (Fsp3) is 0.600. The number of hydrogen-bond donors (Lipinski definition) is 0. The topological polar surface area (TPSA) is 43.4 Å². The summed E-state index contributed by atoms with van der Waals surface area (Å²) >= 11 is 2.99. The Kier molecular flexibility index (Phi) is 3.91. The Morgan fingerprint density at radius 2 is 2.10 bits per heavy atom. The molecule has 0 bridgehead atoms. The summed E-state index contributed by atoms with van der Waals surface area (Å²) in [6.45, 7) is 2.19. The molecule has 0 unspecified atom stereocenters. The first-order valence-electron chi connectivity index (χ1n) is 7.05. The summed E-state index contributed by atoms with van der Waals surface area (Å²) in [5.41, 5.74) is 1.77. The van der Waals surface area contributed by atoms with Gasteiger partial charge in [-0.3, -0.25) is 4.79 Å². The van der Waals surface area contributed by atoms with Crippen LogP contribution in [0.25, 0.3) is 0 Å². The number of rotatable bonds is 4. The molecule has 5 heteroatoms. The van der Waals surface area contributed by atoms with Crippen LogP contribution in [0.5, 0.6) is 0 Å². The minimum atomic E-state index is -0.265. The van der Waals surface area contributed by atoms with E-state index in [2.05, 4.69) is 0 Å². The minimum Gasteiger partial charge on any atom is -0.462 e. The van der Waals surface area contributed by atoms with Crippen molar-refractivity contribution in [2.45, 2.75) is 36.8 Å². The van der Waals surface area contributed by atoms with Crippen LogP contribution in [0.1, 0.15) is 51.8 Å². The Hall–Kier alpha value is -0.810. The van der Waals surface area contributed by atoms with Crippen LogP contribution in [0.4, 0.5) is 0 Å². The Bertz CT molecular complexity index is 558. The molecule has 3 rings (SSSR count). The Morgan fingerprint density at radius 3 is 2.70 bits per heavy atom. The van der Waals surface area contributed by atoms with Crippen molar-refractivity contribution in [3.05, 3.63) is 16.0 Å². The average Bonchev–Trinajstić information content (AvgIpc) is 3.20. The number of ketones is 1. The first-order valence-corrected chi connectivity index (χ1v) is 9.09. The van der Waals surface area contributed by atoms with Crippen molar-refractivity contribution in [1.82, 2.24) is 0 Å². The first kappa shape index (κ1) is 14.1. The molecule has 20 heavy (non-hydrogen) atoms. The molecule has 0 N–H and O–H groups in total. The molecule has 0 saturated heterocycles. The highest BCUT2D eigenvalue weighted by Crippen LogP contribution is 2.47. The van der Waals surface area contributed by atoms with Crippen molar-refractivity contribution < 1.29 is 14.3 Å². The maximum atomic E-state index is 12.4. The van der Waals surface area contributed by atoms with Crippen molar-refractivity contribution in [1.29, 1.82) is 0 Å². The maximum absolute atomic E-state index is 12.4. The van der Waals surface area contributed by atoms with Gasteiger partial charge in [0.15, 0.2) is 5.78 Å². The van der Waals surface area contributed by atoms with Gasteiger partial charge in [0.2, 0.25) is 0 Å². The average molecular weight is 310 g/mol. The van der Waals surface area contributed by atoms with Crippen molar-refractivity contribution >= 4 is 34.9 Å². The van der Waals surface area contributed by atoms with E-state index in [9.17, 15) is 9.59 Å². The van der Waals surface area contributed by atoms with E-state index in [0.29, 0.717) is 29.7 Å². The number of fused-ring (bicyclic) bond motifs is 1. The molecule has 1 fully saturated rings. The van der Waals surface area contributed by atoms with E-state index in [4.69, 9.17) is 4.74 Å². The third-order valence-corrected chi connectivity index (χ3v) is 6.43. The molecule has 2 aliphatic carbocycles. The summed E-state index contributed by atoms with van der Waals surface area (Å²) in [6.07, 6.45) is 5.96. The van der Waals surface area contributed by atoms with Gasteiger partial charge >= 0.3 is 5.97 Å². The number of carbonyl (C=O) groups is 2. The zero-order valence-corrected chi connectivity index (χ0v) is 13.4. The number of esters is 1. The predicted octanol–water partition coefficient (Wildman–Crippen LogP) is 3.80. The monoisotopic (exact) mass is 310 g/mol. The molecule has 0 radical (unpaired) electrons. The molecule has 0 aromatic carbocycles. The highest BCUT2D eigenvalue weighted by atomic mass is 32.2. The maximum Gasteiger partial charge on any atom is 0.348 e. The van der Waals surface area contributed by atoms with E-state index in [1.165, 1.54) is 24.2 Å². The minimum absolute atomic E-state index is 0.222. The second kappa shape index (κ2) is 5.53. The number of thioether (sulfide) groups is 1. The molecule has 0 spiro atoms. The van der Waals surface area contributed by atoms with E-state index >= 15 is 0 Å². The molecule has 1 atom stereocenters. The van der Waals surface area contributed by atoms with Crippen molar-refractivity contribution in [3.63, 3.8) is 0 Å². The van der Waals surface area contributed by atoms with Gasteiger partial charge in [0, 0.05) is 12.0 Å². The largest absolute Gasteiger partial charge is 0.462 e. The van der Waals surface area contributed by atoms with Gasteiger partial charge in [-0.1, -0.05) is 0 Å².